The molecule has 2 rings (SSSR count). The largest absolute Gasteiger partial charge is 0.497 e. The molecule has 0 atom stereocenters. The van der Waals surface area contributed by atoms with Crippen LogP contribution in [0.2, 0.25) is 0 Å². The Hall–Kier alpha value is -2.63. The molecule has 0 unspecified atom stereocenters. The second-order valence-corrected chi connectivity index (χ2v) is 4.60. The van der Waals surface area contributed by atoms with Gasteiger partial charge in [-0.15, -0.1) is 0 Å². The molecule has 21 heavy (non-hydrogen) atoms. The van der Waals surface area contributed by atoms with Crippen molar-refractivity contribution in [2.75, 3.05) is 7.11 Å². The SMILES string of the molecule is COc1ccc(-n2nc(CCC(=O)O)c(=O)cc2C)cc1. The highest BCUT2D eigenvalue weighted by atomic mass is 16.5. The second kappa shape index (κ2) is 6.21. The molecule has 0 aliphatic heterocycles. The Balaban J connectivity index is 2.40. The number of aromatic nitrogens is 2. The lowest BCUT2D eigenvalue weighted by atomic mass is 10.2. The number of carboxylic acid groups (broad SMARTS) is 1. The van der Waals surface area contributed by atoms with Crippen molar-refractivity contribution in [3.8, 4) is 11.4 Å². The van der Waals surface area contributed by atoms with Gasteiger partial charge in [0.05, 0.1) is 19.2 Å². The minimum absolute atomic E-state index is 0.116. The summed E-state index contributed by atoms with van der Waals surface area (Å²) >= 11 is 0. The van der Waals surface area contributed by atoms with E-state index in [0.717, 1.165) is 11.4 Å². The molecule has 0 amide bonds. The molecular weight excluding hydrogens is 272 g/mol. The molecule has 6 nitrogen and oxygen atoms in total. The number of aryl methyl sites for hydroxylation is 2. The van der Waals surface area contributed by atoms with E-state index < -0.39 is 5.97 Å². The third kappa shape index (κ3) is 3.47. The molecule has 2 aromatic rings. The summed E-state index contributed by atoms with van der Waals surface area (Å²) in [7, 11) is 1.59. The van der Waals surface area contributed by atoms with E-state index in [9.17, 15) is 9.59 Å². The van der Waals surface area contributed by atoms with E-state index in [1.54, 1.807) is 30.8 Å². The van der Waals surface area contributed by atoms with Crippen LogP contribution in [0.15, 0.2) is 35.1 Å². The molecule has 0 aliphatic rings. The van der Waals surface area contributed by atoms with Crippen molar-refractivity contribution in [2.24, 2.45) is 0 Å². The summed E-state index contributed by atoms with van der Waals surface area (Å²) in [4.78, 5) is 22.5. The molecule has 1 aromatic heterocycles. The number of benzene rings is 1. The minimum atomic E-state index is -0.951. The molecule has 1 heterocycles. The van der Waals surface area contributed by atoms with Gasteiger partial charge < -0.3 is 9.84 Å². The summed E-state index contributed by atoms with van der Waals surface area (Å²) in [6.45, 7) is 1.78. The Bertz CT molecular complexity index is 705. The first-order chi connectivity index (χ1) is 10.0. The summed E-state index contributed by atoms with van der Waals surface area (Å²) in [6.07, 6.45) is -0.00147. The van der Waals surface area contributed by atoms with Crippen molar-refractivity contribution in [1.82, 2.24) is 9.78 Å². The lowest BCUT2D eigenvalue weighted by molar-refractivity contribution is -0.136. The van der Waals surface area contributed by atoms with Crippen LogP contribution in [0.5, 0.6) is 5.75 Å². The Morgan fingerprint density at radius 2 is 2.00 bits per heavy atom. The second-order valence-electron chi connectivity index (χ2n) is 4.60. The Morgan fingerprint density at radius 1 is 1.33 bits per heavy atom. The molecule has 0 spiro atoms. The number of aliphatic carboxylic acids is 1. The van der Waals surface area contributed by atoms with Gasteiger partial charge in [-0.1, -0.05) is 0 Å². The smallest absolute Gasteiger partial charge is 0.303 e. The Labute approximate surface area is 121 Å². The van der Waals surface area contributed by atoms with Crippen LogP contribution < -0.4 is 10.2 Å². The zero-order chi connectivity index (χ0) is 15.4. The fraction of sp³-hybridized carbons (Fsp3) is 0.267. The number of ether oxygens (including phenoxy) is 1. The number of hydrogen-bond acceptors (Lipinski definition) is 4. The highest BCUT2D eigenvalue weighted by Crippen LogP contribution is 2.15. The van der Waals surface area contributed by atoms with Crippen molar-refractivity contribution < 1.29 is 14.6 Å². The van der Waals surface area contributed by atoms with Gasteiger partial charge in [-0.05, 0) is 31.2 Å². The molecule has 1 N–H and O–H groups in total. The first-order valence-electron chi connectivity index (χ1n) is 6.47. The maximum absolute atomic E-state index is 11.8. The summed E-state index contributed by atoms with van der Waals surface area (Å²) < 4.78 is 6.72. The van der Waals surface area contributed by atoms with Crippen molar-refractivity contribution in [1.29, 1.82) is 0 Å². The Kier molecular flexibility index (Phi) is 4.37. The lowest BCUT2D eigenvalue weighted by Crippen LogP contribution is -2.19. The van der Waals surface area contributed by atoms with E-state index >= 15 is 0 Å². The normalized spacial score (nSPS) is 10.4. The quantitative estimate of drug-likeness (QED) is 0.903. The summed E-state index contributed by atoms with van der Waals surface area (Å²) in [6, 6.07) is 8.71. The molecular formula is C15H16N2O4. The van der Waals surface area contributed by atoms with Crippen LogP contribution in [0.25, 0.3) is 5.69 Å². The van der Waals surface area contributed by atoms with E-state index in [1.807, 2.05) is 12.1 Å². The van der Waals surface area contributed by atoms with Crippen molar-refractivity contribution in [2.45, 2.75) is 19.8 Å². The van der Waals surface area contributed by atoms with Gasteiger partial charge in [0.15, 0.2) is 0 Å². The Morgan fingerprint density at radius 3 is 2.57 bits per heavy atom. The van der Waals surface area contributed by atoms with Crippen molar-refractivity contribution in [3.05, 3.63) is 51.9 Å². The standard InChI is InChI=1S/C15H16N2O4/c1-10-9-14(18)13(7-8-15(19)20)16-17(10)11-3-5-12(21-2)6-4-11/h3-6,9H,7-8H2,1-2H3,(H,19,20). The van der Waals surface area contributed by atoms with Gasteiger partial charge in [-0.2, -0.15) is 5.10 Å². The number of nitrogens with zero attached hydrogens (tertiary/aromatic N) is 2. The highest BCUT2D eigenvalue weighted by Gasteiger charge is 2.09. The molecule has 0 fully saturated rings. The van der Waals surface area contributed by atoms with Gasteiger partial charge in [-0.25, -0.2) is 4.68 Å². The predicted molar refractivity (Wildman–Crippen MR) is 77.1 cm³/mol. The van der Waals surface area contributed by atoms with Crippen LogP contribution >= 0.6 is 0 Å². The molecule has 110 valence electrons. The average Bonchev–Trinajstić information content (AvgIpc) is 2.46. The highest BCUT2D eigenvalue weighted by molar-refractivity contribution is 5.66. The number of hydrogen-bond donors (Lipinski definition) is 1. The van der Waals surface area contributed by atoms with E-state index in [4.69, 9.17) is 9.84 Å². The van der Waals surface area contributed by atoms with Gasteiger partial charge in [0.2, 0.25) is 5.43 Å². The third-order valence-electron chi connectivity index (χ3n) is 3.07. The molecule has 0 radical (unpaired) electrons. The maximum Gasteiger partial charge on any atom is 0.303 e. The number of carbonyl (C=O) groups is 1. The zero-order valence-corrected chi connectivity index (χ0v) is 11.9. The van der Waals surface area contributed by atoms with Crippen molar-refractivity contribution >= 4 is 5.97 Å². The first-order valence-corrected chi connectivity index (χ1v) is 6.47. The lowest BCUT2D eigenvalue weighted by Gasteiger charge is -2.11. The molecule has 0 saturated heterocycles. The minimum Gasteiger partial charge on any atom is -0.497 e. The van der Waals surface area contributed by atoms with Gasteiger partial charge in [0, 0.05) is 18.2 Å². The van der Waals surface area contributed by atoms with E-state index in [-0.39, 0.29) is 24.0 Å². The van der Waals surface area contributed by atoms with Gasteiger partial charge in [0.25, 0.3) is 0 Å². The topological polar surface area (TPSA) is 81.4 Å². The fourth-order valence-corrected chi connectivity index (χ4v) is 1.97. The molecule has 0 saturated carbocycles. The van der Waals surface area contributed by atoms with Crippen LogP contribution in [0, 0.1) is 6.92 Å². The van der Waals surface area contributed by atoms with Crippen molar-refractivity contribution in [3.63, 3.8) is 0 Å². The molecule has 6 heteroatoms. The van der Waals surface area contributed by atoms with Crippen LogP contribution in [-0.4, -0.2) is 28.0 Å². The summed E-state index contributed by atoms with van der Waals surface area (Å²) in [5, 5.41) is 13.0. The first kappa shape index (κ1) is 14.8. The van der Waals surface area contributed by atoms with E-state index in [0.29, 0.717) is 5.69 Å². The van der Waals surface area contributed by atoms with Gasteiger partial charge in [-0.3, -0.25) is 9.59 Å². The van der Waals surface area contributed by atoms with Crippen LogP contribution in [0.3, 0.4) is 0 Å². The summed E-state index contributed by atoms with van der Waals surface area (Å²) in [5.74, 6) is -0.226. The van der Waals surface area contributed by atoms with E-state index in [1.165, 1.54) is 6.07 Å². The molecule has 1 aromatic carbocycles. The van der Waals surface area contributed by atoms with Gasteiger partial charge in [0.1, 0.15) is 11.4 Å². The van der Waals surface area contributed by atoms with Crippen LogP contribution in [0.4, 0.5) is 0 Å². The number of carboxylic acids is 1. The number of rotatable bonds is 5. The zero-order valence-electron chi connectivity index (χ0n) is 11.9. The molecule has 0 aliphatic carbocycles. The van der Waals surface area contributed by atoms with Crippen LogP contribution in [0.1, 0.15) is 17.8 Å². The molecule has 0 bridgehead atoms. The maximum atomic E-state index is 11.8. The van der Waals surface area contributed by atoms with E-state index in [2.05, 4.69) is 5.10 Å². The third-order valence-corrected chi connectivity index (χ3v) is 3.07. The predicted octanol–water partition coefficient (Wildman–Crippen LogP) is 1.57. The number of methoxy groups -OCH3 is 1. The summed E-state index contributed by atoms with van der Waals surface area (Å²) in [5.41, 5.74) is 1.48. The van der Waals surface area contributed by atoms with Gasteiger partial charge >= 0.3 is 5.97 Å². The van der Waals surface area contributed by atoms with Crippen LogP contribution in [-0.2, 0) is 11.2 Å². The fourth-order valence-electron chi connectivity index (χ4n) is 1.97. The average molecular weight is 288 g/mol. The monoisotopic (exact) mass is 288 g/mol.